The molecule has 0 bridgehead atoms. The summed E-state index contributed by atoms with van der Waals surface area (Å²) in [4.78, 5) is 17.4. The highest BCUT2D eigenvalue weighted by molar-refractivity contribution is 5.95. The number of halogens is 1. The van der Waals surface area contributed by atoms with Gasteiger partial charge in [-0.25, -0.2) is 4.39 Å². The van der Waals surface area contributed by atoms with Crippen LogP contribution in [0.5, 0.6) is 0 Å². The first-order valence-electron chi connectivity index (χ1n) is 11.9. The van der Waals surface area contributed by atoms with E-state index in [1.54, 1.807) is 23.3 Å². The molecule has 3 nitrogen and oxygen atoms in total. The van der Waals surface area contributed by atoms with Gasteiger partial charge >= 0.3 is 0 Å². The Labute approximate surface area is 185 Å². The lowest BCUT2D eigenvalue weighted by atomic mass is 9.78. The summed E-state index contributed by atoms with van der Waals surface area (Å²) in [7, 11) is 2.24. The van der Waals surface area contributed by atoms with Gasteiger partial charge in [0.1, 0.15) is 5.82 Å². The third-order valence-electron chi connectivity index (χ3n) is 7.92. The molecule has 31 heavy (non-hydrogen) atoms. The van der Waals surface area contributed by atoms with Gasteiger partial charge in [-0.3, -0.25) is 4.79 Å². The molecule has 164 valence electrons. The van der Waals surface area contributed by atoms with Crippen LogP contribution in [0.2, 0.25) is 0 Å². The van der Waals surface area contributed by atoms with E-state index in [2.05, 4.69) is 35.0 Å². The number of benzene rings is 2. The lowest BCUT2D eigenvalue weighted by molar-refractivity contribution is 0.0966. The van der Waals surface area contributed by atoms with E-state index in [-0.39, 0.29) is 11.6 Å². The number of carbonyl (C=O) groups is 1. The molecule has 2 heterocycles. The molecule has 1 saturated heterocycles. The maximum Gasteiger partial charge on any atom is 0.162 e. The zero-order valence-electron chi connectivity index (χ0n) is 18.5. The molecular weight excluding hydrogens is 387 g/mol. The van der Waals surface area contributed by atoms with E-state index in [1.807, 2.05) is 0 Å². The van der Waals surface area contributed by atoms with E-state index in [4.69, 9.17) is 0 Å². The number of piperidine rings is 1. The molecule has 0 aromatic heterocycles. The summed E-state index contributed by atoms with van der Waals surface area (Å²) in [5.41, 5.74) is 5.31. The fourth-order valence-electron chi connectivity index (χ4n) is 6.20. The Kier molecular flexibility index (Phi) is 5.83. The normalized spacial score (nSPS) is 25.5. The van der Waals surface area contributed by atoms with Gasteiger partial charge in [-0.1, -0.05) is 12.1 Å². The van der Waals surface area contributed by atoms with Crippen molar-refractivity contribution in [3.8, 4) is 0 Å². The molecule has 3 aliphatic rings. The smallest absolute Gasteiger partial charge is 0.162 e. The third-order valence-corrected chi connectivity index (χ3v) is 7.92. The Hall–Kier alpha value is -2.20. The monoisotopic (exact) mass is 420 g/mol. The first-order valence-corrected chi connectivity index (χ1v) is 11.9. The largest absolute Gasteiger partial charge is 0.374 e. The predicted molar refractivity (Wildman–Crippen MR) is 124 cm³/mol. The minimum absolute atomic E-state index is 0.118. The standard InChI is InChI=1S/C27H33FN2O/c1-29-16-13-21-8-7-19-14-17-30(18-24(19)23-4-2-5-25(29)27(21)23)15-3-6-26(31)20-9-11-22(28)12-10-20/h2,4-5,9-12,19,21,24H,3,6-8,13-18H2,1H3. The van der Waals surface area contributed by atoms with Crippen LogP contribution in [0.3, 0.4) is 0 Å². The Morgan fingerprint density at radius 2 is 1.87 bits per heavy atom. The van der Waals surface area contributed by atoms with Crippen molar-refractivity contribution >= 4 is 11.5 Å². The van der Waals surface area contributed by atoms with E-state index in [1.165, 1.54) is 50.0 Å². The second kappa shape index (κ2) is 8.74. The van der Waals surface area contributed by atoms with Gasteiger partial charge in [0, 0.05) is 37.8 Å². The summed E-state index contributed by atoms with van der Waals surface area (Å²) in [5.74, 6) is 1.97. The number of hydrogen-bond acceptors (Lipinski definition) is 3. The molecule has 3 unspecified atom stereocenters. The van der Waals surface area contributed by atoms with Crippen molar-refractivity contribution < 1.29 is 9.18 Å². The van der Waals surface area contributed by atoms with Crippen LogP contribution in [0.15, 0.2) is 42.5 Å². The van der Waals surface area contributed by atoms with E-state index in [0.717, 1.165) is 37.9 Å². The zero-order chi connectivity index (χ0) is 21.4. The number of anilines is 1. The van der Waals surface area contributed by atoms with Crippen LogP contribution in [0.4, 0.5) is 10.1 Å². The van der Waals surface area contributed by atoms with Crippen molar-refractivity contribution in [3.05, 3.63) is 65.0 Å². The van der Waals surface area contributed by atoms with Crippen LogP contribution in [0, 0.1) is 11.7 Å². The number of likely N-dealkylation sites (tertiary alicyclic amines) is 1. The minimum Gasteiger partial charge on any atom is -0.374 e. The molecule has 5 rings (SSSR count). The molecule has 0 saturated carbocycles. The molecule has 2 aromatic carbocycles. The molecule has 1 aliphatic carbocycles. The first-order chi connectivity index (χ1) is 15.1. The fraction of sp³-hybridized carbons (Fsp3) is 0.519. The molecule has 1 fully saturated rings. The number of nitrogens with zero attached hydrogens (tertiary/aromatic N) is 2. The summed E-state index contributed by atoms with van der Waals surface area (Å²) in [6, 6.07) is 12.9. The molecule has 0 spiro atoms. The van der Waals surface area contributed by atoms with Gasteiger partial charge in [0.05, 0.1) is 0 Å². The van der Waals surface area contributed by atoms with Crippen LogP contribution < -0.4 is 4.90 Å². The van der Waals surface area contributed by atoms with Gasteiger partial charge in [0.25, 0.3) is 0 Å². The van der Waals surface area contributed by atoms with Gasteiger partial charge in [-0.2, -0.15) is 0 Å². The van der Waals surface area contributed by atoms with Crippen molar-refractivity contribution in [1.82, 2.24) is 4.90 Å². The Bertz CT molecular complexity index is 941. The van der Waals surface area contributed by atoms with Gasteiger partial charge < -0.3 is 9.80 Å². The predicted octanol–water partition coefficient (Wildman–Crippen LogP) is 5.61. The quantitative estimate of drug-likeness (QED) is 0.587. The Morgan fingerprint density at radius 1 is 1.03 bits per heavy atom. The number of ketones is 1. The van der Waals surface area contributed by atoms with Crippen LogP contribution >= 0.6 is 0 Å². The minimum atomic E-state index is -0.292. The van der Waals surface area contributed by atoms with Crippen molar-refractivity contribution in [2.45, 2.75) is 50.4 Å². The molecular formula is C27H33FN2O. The number of rotatable bonds is 5. The molecule has 2 aromatic rings. The number of fused-ring (bicyclic) bond motifs is 2. The molecule has 3 atom stereocenters. The van der Waals surface area contributed by atoms with Crippen LogP contribution in [0.25, 0.3) is 0 Å². The topological polar surface area (TPSA) is 23.6 Å². The molecule has 0 N–H and O–H groups in total. The highest BCUT2D eigenvalue weighted by Gasteiger charge is 2.38. The highest BCUT2D eigenvalue weighted by atomic mass is 19.1. The second-order valence-corrected chi connectivity index (χ2v) is 9.75. The van der Waals surface area contributed by atoms with Crippen LogP contribution in [-0.2, 0) is 0 Å². The molecule has 2 aliphatic heterocycles. The summed E-state index contributed by atoms with van der Waals surface area (Å²) in [5, 5.41) is 0. The van der Waals surface area contributed by atoms with E-state index in [9.17, 15) is 9.18 Å². The number of hydrogen-bond donors (Lipinski definition) is 0. The van der Waals surface area contributed by atoms with Crippen molar-refractivity contribution in [1.29, 1.82) is 0 Å². The molecule has 0 amide bonds. The van der Waals surface area contributed by atoms with Gasteiger partial charge in [-0.05, 0) is 104 Å². The maximum absolute atomic E-state index is 13.1. The average molecular weight is 421 g/mol. The summed E-state index contributed by atoms with van der Waals surface area (Å²) in [6.07, 6.45) is 6.64. The zero-order valence-corrected chi connectivity index (χ0v) is 18.5. The highest BCUT2D eigenvalue weighted by Crippen LogP contribution is 2.49. The Balaban J connectivity index is 1.25. The van der Waals surface area contributed by atoms with Crippen molar-refractivity contribution in [2.24, 2.45) is 5.92 Å². The van der Waals surface area contributed by atoms with Gasteiger partial charge in [0.15, 0.2) is 5.78 Å². The third kappa shape index (κ3) is 4.15. The van der Waals surface area contributed by atoms with Crippen LogP contribution in [-0.4, -0.2) is 43.9 Å². The maximum atomic E-state index is 13.1. The number of carbonyl (C=O) groups excluding carboxylic acids is 1. The molecule has 4 heteroatoms. The molecule has 0 radical (unpaired) electrons. The van der Waals surface area contributed by atoms with Gasteiger partial charge in [0.2, 0.25) is 0 Å². The van der Waals surface area contributed by atoms with Gasteiger partial charge in [-0.15, -0.1) is 0 Å². The van der Waals surface area contributed by atoms with Crippen molar-refractivity contribution in [2.75, 3.05) is 38.1 Å². The van der Waals surface area contributed by atoms with Crippen molar-refractivity contribution in [3.63, 3.8) is 0 Å². The lowest BCUT2D eigenvalue weighted by Crippen LogP contribution is -2.39. The fourth-order valence-corrected chi connectivity index (χ4v) is 6.20. The first kappa shape index (κ1) is 20.7. The van der Waals surface area contributed by atoms with Crippen LogP contribution in [0.1, 0.15) is 71.8 Å². The Morgan fingerprint density at radius 3 is 2.71 bits per heavy atom. The number of Topliss-reactive ketones (excluding diaryl/α,β-unsaturated/α-hetero) is 1. The van der Waals surface area contributed by atoms with E-state index in [0.29, 0.717) is 17.9 Å². The SMILES string of the molecule is CN1CCC2CCC3CCN(CCCC(=O)c4ccc(F)cc4)CC3c3cccc1c32. The summed E-state index contributed by atoms with van der Waals surface area (Å²) in [6.45, 7) is 4.40. The second-order valence-electron chi connectivity index (χ2n) is 9.75. The lowest BCUT2D eigenvalue weighted by Gasteiger charge is -2.39. The van der Waals surface area contributed by atoms with E-state index >= 15 is 0 Å². The average Bonchev–Trinajstić information content (AvgIpc) is 2.94. The summed E-state index contributed by atoms with van der Waals surface area (Å²) >= 11 is 0. The van der Waals surface area contributed by atoms with E-state index < -0.39 is 0 Å². The summed E-state index contributed by atoms with van der Waals surface area (Å²) < 4.78 is 13.1.